The Morgan fingerprint density at radius 3 is 2.70 bits per heavy atom. The molecule has 7 nitrogen and oxygen atoms in total. The zero-order chi connectivity index (χ0) is 14.5. The van der Waals surface area contributed by atoms with Crippen molar-refractivity contribution in [2.45, 2.75) is 6.54 Å². The fourth-order valence-corrected chi connectivity index (χ4v) is 1.63. The van der Waals surface area contributed by atoms with Gasteiger partial charge in [-0.1, -0.05) is 18.2 Å². The van der Waals surface area contributed by atoms with Crippen molar-refractivity contribution in [3.05, 3.63) is 35.6 Å². The lowest BCUT2D eigenvalue weighted by Crippen LogP contribution is -2.22. The van der Waals surface area contributed by atoms with Gasteiger partial charge < -0.3 is 9.64 Å². The van der Waals surface area contributed by atoms with E-state index in [4.69, 9.17) is 10.6 Å². The van der Waals surface area contributed by atoms with Gasteiger partial charge in [-0.15, -0.1) is 0 Å². The third-order valence-electron chi connectivity index (χ3n) is 2.62. The lowest BCUT2D eigenvalue weighted by molar-refractivity contribution is 0.379. The first-order chi connectivity index (χ1) is 9.63. The highest BCUT2D eigenvalue weighted by atomic mass is 19.1. The fraction of sp³-hybridized carbons (Fsp3) is 0.250. The maximum Gasteiger partial charge on any atom is 0.322 e. The summed E-state index contributed by atoms with van der Waals surface area (Å²) in [5.41, 5.74) is 2.87. The van der Waals surface area contributed by atoms with Crippen LogP contribution < -0.4 is 20.9 Å². The van der Waals surface area contributed by atoms with E-state index in [1.807, 2.05) is 0 Å². The van der Waals surface area contributed by atoms with Gasteiger partial charge >= 0.3 is 6.01 Å². The van der Waals surface area contributed by atoms with Crippen LogP contribution in [0.5, 0.6) is 6.01 Å². The maximum absolute atomic E-state index is 13.6. The molecule has 0 fully saturated rings. The minimum atomic E-state index is -0.280. The molecule has 20 heavy (non-hydrogen) atoms. The summed E-state index contributed by atoms with van der Waals surface area (Å²) < 4.78 is 18.6. The maximum atomic E-state index is 13.6. The van der Waals surface area contributed by atoms with Crippen molar-refractivity contribution in [2.75, 3.05) is 24.5 Å². The van der Waals surface area contributed by atoms with Gasteiger partial charge in [0.2, 0.25) is 11.9 Å². The average molecular weight is 278 g/mol. The van der Waals surface area contributed by atoms with Crippen LogP contribution in [-0.4, -0.2) is 29.1 Å². The van der Waals surface area contributed by atoms with Crippen molar-refractivity contribution in [2.24, 2.45) is 5.84 Å². The van der Waals surface area contributed by atoms with Gasteiger partial charge in [0, 0.05) is 19.2 Å². The molecule has 0 unspecified atom stereocenters. The van der Waals surface area contributed by atoms with Gasteiger partial charge in [-0.3, -0.25) is 5.43 Å². The Hall–Kier alpha value is -2.48. The van der Waals surface area contributed by atoms with Crippen molar-refractivity contribution >= 4 is 11.9 Å². The molecule has 0 spiro atoms. The number of rotatable bonds is 5. The molecular formula is C12H15FN6O. The van der Waals surface area contributed by atoms with Crippen molar-refractivity contribution in [3.63, 3.8) is 0 Å². The number of hydrogen-bond acceptors (Lipinski definition) is 7. The third kappa shape index (κ3) is 3.09. The average Bonchev–Trinajstić information content (AvgIpc) is 2.48. The molecule has 2 rings (SSSR count). The molecule has 106 valence electrons. The van der Waals surface area contributed by atoms with E-state index >= 15 is 0 Å². The van der Waals surface area contributed by atoms with Crippen molar-refractivity contribution in [1.82, 2.24) is 15.0 Å². The third-order valence-corrected chi connectivity index (χ3v) is 2.62. The number of ether oxygens (including phenoxy) is 1. The Morgan fingerprint density at radius 2 is 2.05 bits per heavy atom. The largest absolute Gasteiger partial charge is 0.467 e. The molecule has 0 saturated heterocycles. The van der Waals surface area contributed by atoms with Crippen LogP contribution in [0.2, 0.25) is 0 Å². The Kier molecular flexibility index (Phi) is 4.26. The van der Waals surface area contributed by atoms with E-state index in [2.05, 4.69) is 20.4 Å². The van der Waals surface area contributed by atoms with Gasteiger partial charge in [-0.2, -0.15) is 15.0 Å². The van der Waals surface area contributed by atoms with Crippen LogP contribution >= 0.6 is 0 Å². The zero-order valence-corrected chi connectivity index (χ0v) is 11.2. The quantitative estimate of drug-likeness (QED) is 0.621. The molecule has 3 N–H and O–H groups in total. The first kappa shape index (κ1) is 13.9. The first-order valence-electron chi connectivity index (χ1n) is 5.85. The summed E-state index contributed by atoms with van der Waals surface area (Å²) in [5, 5.41) is 0. The van der Waals surface area contributed by atoms with E-state index in [0.717, 1.165) is 0 Å². The molecule has 2 aromatic rings. The minimum absolute atomic E-state index is 0.128. The Morgan fingerprint density at radius 1 is 1.30 bits per heavy atom. The second-order valence-corrected chi connectivity index (χ2v) is 4.04. The summed E-state index contributed by atoms with van der Waals surface area (Å²) in [7, 11) is 3.18. The van der Waals surface area contributed by atoms with Gasteiger partial charge in [0.05, 0.1) is 7.11 Å². The predicted molar refractivity (Wildman–Crippen MR) is 72.7 cm³/mol. The second-order valence-electron chi connectivity index (χ2n) is 4.04. The molecule has 0 atom stereocenters. The van der Waals surface area contributed by atoms with E-state index in [-0.39, 0.29) is 17.8 Å². The number of hydrazine groups is 1. The molecule has 0 aliphatic heterocycles. The smallest absolute Gasteiger partial charge is 0.322 e. The first-order valence-corrected chi connectivity index (χ1v) is 5.85. The van der Waals surface area contributed by atoms with E-state index < -0.39 is 0 Å². The predicted octanol–water partition coefficient (Wildman–Crippen LogP) is 0.941. The Labute approximate surface area is 115 Å². The van der Waals surface area contributed by atoms with Crippen LogP contribution in [0, 0.1) is 5.82 Å². The molecule has 0 amide bonds. The number of benzene rings is 1. The van der Waals surface area contributed by atoms with E-state index in [1.54, 1.807) is 30.1 Å². The Balaban J connectivity index is 2.24. The number of nitrogens with two attached hydrogens (primary N) is 1. The molecule has 0 saturated carbocycles. The number of hydrogen-bond donors (Lipinski definition) is 2. The standard InChI is InChI=1S/C12H15FN6O/c1-19(7-8-5-3-4-6-9(8)13)11-15-10(18-14)16-12(17-11)20-2/h3-6H,7,14H2,1-2H3,(H,15,16,17,18). The van der Waals surface area contributed by atoms with Gasteiger partial charge in [0.25, 0.3) is 0 Å². The molecule has 1 heterocycles. The monoisotopic (exact) mass is 278 g/mol. The van der Waals surface area contributed by atoms with Crippen LogP contribution in [0.15, 0.2) is 24.3 Å². The van der Waals surface area contributed by atoms with Crippen molar-refractivity contribution in [3.8, 4) is 6.01 Å². The number of nitrogens with one attached hydrogen (secondary N) is 1. The van der Waals surface area contributed by atoms with Gasteiger partial charge in [-0.25, -0.2) is 10.2 Å². The highest BCUT2D eigenvalue weighted by Crippen LogP contribution is 2.16. The summed E-state index contributed by atoms with van der Waals surface area (Å²) in [6.45, 7) is 0.309. The number of anilines is 2. The molecule has 0 radical (unpaired) electrons. The number of nitrogens with zero attached hydrogens (tertiary/aromatic N) is 4. The summed E-state index contributed by atoms with van der Waals surface area (Å²) in [6, 6.07) is 6.65. The van der Waals surface area contributed by atoms with Crippen LogP contribution in [0.1, 0.15) is 5.56 Å². The molecule has 8 heteroatoms. The highest BCUT2D eigenvalue weighted by Gasteiger charge is 2.12. The van der Waals surface area contributed by atoms with Crippen LogP contribution in [-0.2, 0) is 6.54 Å². The molecule has 0 bridgehead atoms. The van der Waals surface area contributed by atoms with E-state index in [1.165, 1.54) is 13.2 Å². The molecule has 1 aromatic carbocycles. The van der Waals surface area contributed by atoms with Crippen LogP contribution in [0.3, 0.4) is 0 Å². The number of aromatic nitrogens is 3. The van der Waals surface area contributed by atoms with Gasteiger partial charge in [0.1, 0.15) is 5.82 Å². The van der Waals surface area contributed by atoms with Crippen molar-refractivity contribution < 1.29 is 9.13 Å². The highest BCUT2D eigenvalue weighted by molar-refractivity contribution is 5.38. The zero-order valence-electron chi connectivity index (χ0n) is 11.2. The van der Waals surface area contributed by atoms with E-state index in [9.17, 15) is 4.39 Å². The van der Waals surface area contributed by atoms with Crippen LogP contribution in [0.25, 0.3) is 0 Å². The molecule has 1 aromatic heterocycles. The van der Waals surface area contributed by atoms with Gasteiger partial charge in [-0.05, 0) is 6.07 Å². The summed E-state index contributed by atoms with van der Waals surface area (Å²) in [5.74, 6) is 5.50. The topological polar surface area (TPSA) is 89.2 Å². The molecule has 0 aliphatic rings. The summed E-state index contributed by atoms with van der Waals surface area (Å²) in [4.78, 5) is 13.7. The van der Waals surface area contributed by atoms with Gasteiger partial charge in [0.15, 0.2) is 0 Å². The lowest BCUT2D eigenvalue weighted by Gasteiger charge is -2.18. The van der Waals surface area contributed by atoms with Crippen molar-refractivity contribution in [1.29, 1.82) is 0 Å². The molecular weight excluding hydrogens is 263 g/mol. The molecule has 0 aliphatic carbocycles. The van der Waals surface area contributed by atoms with Crippen LogP contribution in [0.4, 0.5) is 16.3 Å². The Bertz CT molecular complexity index is 572. The van der Waals surface area contributed by atoms with E-state index in [0.29, 0.717) is 18.1 Å². The summed E-state index contributed by atoms with van der Waals surface area (Å²) >= 11 is 0. The second kappa shape index (κ2) is 6.11. The number of halogens is 1. The summed E-state index contributed by atoms with van der Waals surface area (Å²) in [6.07, 6.45) is 0. The normalized spacial score (nSPS) is 10.2. The number of nitrogen functional groups attached to an aromatic ring is 1. The minimum Gasteiger partial charge on any atom is -0.467 e. The SMILES string of the molecule is COc1nc(NN)nc(N(C)Cc2ccccc2F)n1. The lowest BCUT2D eigenvalue weighted by atomic mass is 10.2. The number of methoxy groups -OCH3 is 1. The fourth-order valence-electron chi connectivity index (χ4n) is 1.63.